The number of nitrogens with zero attached hydrogens (tertiary/aromatic N) is 4. The van der Waals surface area contributed by atoms with Gasteiger partial charge in [0.1, 0.15) is 0 Å². The van der Waals surface area contributed by atoms with E-state index >= 15 is 0 Å². The van der Waals surface area contributed by atoms with Crippen LogP contribution in [0.1, 0.15) is 38.1 Å². The van der Waals surface area contributed by atoms with E-state index in [-0.39, 0.29) is 23.3 Å². The Balaban J connectivity index is 1.55. The Bertz CT molecular complexity index is 1170. The predicted octanol–water partition coefficient (Wildman–Crippen LogP) is 2.75. The number of carbonyl (C=O) groups is 1. The first kappa shape index (κ1) is 23.5. The Labute approximate surface area is 197 Å². The zero-order chi connectivity index (χ0) is 22.9. The van der Waals surface area contributed by atoms with E-state index in [0.29, 0.717) is 47.3 Å². The minimum atomic E-state index is -3.25. The van der Waals surface area contributed by atoms with Gasteiger partial charge in [-0.25, -0.2) is 13.4 Å². The number of hydrogen-bond donors (Lipinski definition) is 0. The Morgan fingerprint density at radius 3 is 2.50 bits per heavy atom. The number of hydrogen-bond acceptors (Lipinski definition) is 6. The summed E-state index contributed by atoms with van der Waals surface area (Å²) in [6.07, 6.45) is 6.35. The van der Waals surface area contributed by atoms with Crippen molar-refractivity contribution >= 4 is 50.2 Å². The number of rotatable bonds is 5. The topological polar surface area (TPSA) is 92.6 Å². The van der Waals surface area contributed by atoms with Crippen molar-refractivity contribution in [2.75, 3.05) is 38.2 Å². The molecule has 0 unspecified atom stereocenters. The van der Waals surface area contributed by atoms with Gasteiger partial charge in [0.2, 0.25) is 15.9 Å². The number of carbonyl (C=O) groups excluding carboxylic acids is 1. The molecule has 2 aliphatic rings. The summed E-state index contributed by atoms with van der Waals surface area (Å²) in [7, 11) is -3.25. The molecule has 174 valence electrons. The van der Waals surface area contributed by atoms with Gasteiger partial charge in [0.15, 0.2) is 5.16 Å². The van der Waals surface area contributed by atoms with Gasteiger partial charge in [-0.2, -0.15) is 4.31 Å². The van der Waals surface area contributed by atoms with Crippen LogP contribution in [0.15, 0.2) is 28.2 Å². The molecule has 0 bridgehead atoms. The number of sulfonamides is 1. The highest BCUT2D eigenvalue weighted by Gasteiger charge is 2.27. The van der Waals surface area contributed by atoms with E-state index < -0.39 is 10.0 Å². The lowest BCUT2D eigenvalue weighted by Crippen LogP contribution is -2.50. The van der Waals surface area contributed by atoms with Crippen LogP contribution in [0.25, 0.3) is 10.9 Å². The number of halogens is 1. The standard InChI is InChI=1S/C21H27ClN4O4S2/c1-32(29,30)25-11-9-24(10-12-25)19(27)14-31-21-23-18-13-15(22)7-8-17(18)20(28)26(21)16-5-3-2-4-6-16/h7-8,13,16H,2-6,9-12,14H2,1H3. The van der Waals surface area contributed by atoms with Crippen LogP contribution >= 0.6 is 23.4 Å². The van der Waals surface area contributed by atoms with E-state index in [1.807, 2.05) is 0 Å². The second kappa shape index (κ2) is 9.70. The van der Waals surface area contributed by atoms with Crippen molar-refractivity contribution in [3.05, 3.63) is 33.6 Å². The van der Waals surface area contributed by atoms with Gasteiger partial charge in [0.25, 0.3) is 5.56 Å². The maximum atomic E-state index is 13.3. The molecule has 11 heteroatoms. The van der Waals surface area contributed by atoms with Crippen LogP contribution in [0.3, 0.4) is 0 Å². The highest BCUT2D eigenvalue weighted by atomic mass is 35.5. The zero-order valence-corrected chi connectivity index (χ0v) is 20.4. The molecule has 0 atom stereocenters. The maximum Gasteiger partial charge on any atom is 0.262 e. The van der Waals surface area contributed by atoms with Crippen molar-refractivity contribution in [1.82, 2.24) is 18.8 Å². The second-order valence-electron chi connectivity index (χ2n) is 8.35. The molecule has 1 saturated carbocycles. The molecule has 1 aromatic carbocycles. The normalized spacial score (nSPS) is 18.9. The SMILES string of the molecule is CS(=O)(=O)N1CCN(C(=O)CSc2nc3cc(Cl)ccc3c(=O)n2C2CCCCC2)CC1. The summed E-state index contributed by atoms with van der Waals surface area (Å²) in [6, 6.07) is 5.18. The number of aromatic nitrogens is 2. The van der Waals surface area contributed by atoms with E-state index in [0.717, 1.165) is 25.7 Å². The van der Waals surface area contributed by atoms with E-state index in [1.54, 1.807) is 27.7 Å². The fourth-order valence-corrected chi connectivity index (χ4v) is 6.36. The molecule has 1 amide bonds. The molecular weight excluding hydrogens is 472 g/mol. The maximum absolute atomic E-state index is 13.3. The summed E-state index contributed by atoms with van der Waals surface area (Å²) in [5.41, 5.74) is 0.446. The monoisotopic (exact) mass is 498 g/mol. The molecule has 1 aliphatic carbocycles. The average Bonchev–Trinajstić information content (AvgIpc) is 2.77. The first-order chi connectivity index (χ1) is 15.2. The molecule has 2 fully saturated rings. The lowest BCUT2D eigenvalue weighted by Gasteiger charge is -2.33. The summed E-state index contributed by atoms with van der Waals surface area (Å²) >= 11 is 7.39. The van der Waals surface area contributed by atoms with Gasteiger partial charge < -0.3 is 4.90 Å². The Hall–Kier alpha value is -1.62. The van der Waals surface area contributed by atoms with Crippen molar-refractivity contribution in [2.45, 2.75) is 43.3 Å². The molecule has 2 aromatic rings. The van der Waals surface area contributed by atoms with Crippen LogP contribution in [-0.4, -0.2) is 71.3 Å². The lowest BCUT2D eigenvalue weighted by atomic mass is 9.95. The van der Waals surface area contributed by atoms with Crippen molar-refractivity contribution in [2.24, 2.45) is 0 Å². The minimum Gasteiger partial charge on any atom is -0.339 e. The predicted molar refractivity (Wildman–Crippen MR) is 127 cm³/mol. The highest BCUT2D eigenvalue weighted by molar-refractivity contribution is 7.99. The molecule has 0 N–H and O–H groups in total. The van der Waals surface area contributed by atoms with Crippen molar-refractivity contribution in [3.63, 3.8) is 0 Å². The largest absolute Gasteiger partial charge is 0.339 e. The number of thioether (sulfide) groups is 1. The zero-order valence-electron chi connectivity index (χ0n) is 18.0. The number of amides is 1. The summed E-state index contributed by atoms with van der Waals surface area (Å²) in [6.45, 7) is 1.33. The van der Waals surface area contributed by atoms with Crippen molar-refractivity contribution in [1.29, 1.82) is 0 Å². The lowest BCUT2D eigenvalue weighted by molar-refractivity contribution is -0.129. The molecule has 0 radical (unpaired) electrons. The van der Waals surface area contributed by atoms with Crippen LogP contribution in [-0.2, 0) is 14.8 Å². The van der Waals surface area contributed by atoms with Gasteiger partial charge in [-0.05, 0) is 31.0 Å². The van der Waals surface area contributed by atoms with Crippen LogP contribution in [0, 0.1) is 0 Å². The van der Waals surface area contributed by atoms with Gasteiger partial charge >= 0.3 is 0 Å². The fraction of sp³-hybridized carbons (Fsp3) is 0.571. The van der Waals surface area contributed by atoms with Crippen LogP contribution in [0.2, 0.25) is 5.02 Å². The third-order valence-corrected chi connectivity index (χ3v) is 8.63. The van der Waals surface area contributed by atoms with E-state index in [1.165, 1.54) is 28.7 Å². The molecule has 1 saturated heterocycles. The number of fused-ring (bicyclic) bond motifs is 1. The molecule has 32 heavy (non-hydrogen) atoms. The van der Waals surface area contributed by atoms with Crippen molar-refractivity contribution < 1.29 is 13.2 Å². The van der Waals surface area contributed by atoms with Crippen molar-refractivity contribution in [3.8, 4) is 0 Å². The van der Waals surface area contributed by atoms with Gasteiger partial charge in [-0.15, -0.1) is 0 Å². The van der Waals surface area contributed by atoms with E-state index in [4.69, 9.17) is 16.6 Å². The summed E-state index contributed by atoms with van der Waals surface area (Å²) in [5.74, 6) is 0.0585. The quantitative estimate of drug-likeness (QED) is 0.465. The summed E-state index contributed by atoms with van der Waals surface area (Å²) in [4.78, 5) is 32.6. The number of piperazine rings is 1. The molecule has 8 nitrogen and oxygen atoms in total. The molecule has 1 aliphatic heterocycles. The first-order valence-electron chi connectivity index (χ1n) is 10.8. The summed E-state index contributed by atoms with van der Waals surface area (Å²) in [5, 5.41) is 1.59. The Morgan fingerprint density at radius 2 is 1.84 bits per heavy atom. The molecular formula is C21H27ClN4O4S2. The molecule has 2 heterocycles. The molecule has 0 spiro atoms. The second-order valence-corrected chi connectivity index (χ2v) is 11.7. The summed E-state index contributed by atoms with van der Waals surface area (Å²) < 4.78 is 26.5. The smallest absolute Gasteiger partial charge is 0.262 e. The Kier molecular flexibility index (Phi) is 7.14. The van der Waals surface area contributed by atoms with Crippen LogP contribution < -0.4 is 5.56 Å². The Morgan fingerprint density at radius 1 is 1.16 bits per heavy atom. The molecule has 1 aromatic heterocycles. The van der Waals surface area contributed by atoms with E-state index in [2.05, 4.69) is 0 Å². The van der Waals surface area contributed by atoms with Crippen LogP contribution in [0.4, 0.5) is 0 Å². The van der Waals surface area contributed by atoms with Gasteiger partial charge in [0.05, 0.1) is 22.9 Å². The van der Waals surface area contributed by atoms with Gasteiger partial charge in [-0.3, -0.25) is 14.2 Å². The van der Waals surface area contributed by atoms with Gasteiger partial charge in [0, 0.05) is 37.2 Å². The third-order valence-electron chi connectivity index (χ3n) is 6.16. The first-order valence-corrected chi connectivity index (χ1v) is 14.0. The van der Waals surface area contributed by atoms with E-state index in [9.17, 15) is 18.0 Å². The van der Waals surface area contributed by atoms with Gasteiger partial charge in [-0.1, -0.05) is 42.6 Å². The van der Waals surface area contributed by atoms with Crippen LogP contribution in [0.5, 0.6) is 0 Å². The highest BCUT2D eigenvalue weighted by Crippen LogP contribution is 2.31. The average molecular weight is 499 g/mol. The fourth-order valence-electron chi connectivity index (χ4n) is 4.40. The number of benzene rings is 1. The minimum absolute atomic E-state index is 0.0831. The third kappa shape index (κ3) is 5.13. The molecule has 4 rings (SSSR count).